The third-order valence-electron chi connectivity index (χ3n) is 3.10. The average molecular weight is 234 g/mol. The molecule has 0 aromatic heterocycles. The molecule has 0 bridgehead atoms. The topological polar surface area (TPSA) is 24.5 Å². The first-order valence-corrected chi connectivity index (χ1v) is 6.58. The molecule has 1 fully saturated rings. The van der Waals surface area contributed by atoms with Gasteiger partial charge in [0, 0.05) is 19.6 Å². The fourth-order valence-electron chi connectivity index (χ4n) is 2.13. The minimum Gasteiger partial charge on any atom is -0.494 e. The average Bonchev–Trinajstić information content (AvgIpc) is 2.40. The van der Waals surface area contributed by atoms with Crippen molar-refractivity contribution in [3.63, 3.8) is 0 Å². The fraction of sp³-hybridized carbons (Fsp3) is 0.571. The van der Waals surface area contributed by atoms with Crippen LogP contribution in [-0.2, 0) is 6.54 Å². The summed E-state index contributed by atoms with van der Waals surface area (Å²) in [6, 6.07) is 8.33. The first kappa shape index (κ1) is 12.4. The molecular weight excluding hydrogens is 212 g/mol. The largest absolute Gasteiger partial charge is 0.494 e. The molecule has 0 unspecified atom stereocenters. The molecule has 0 spiro atoms. The van der Waals surface area contributed by atoms with Crippen molar-refractivity contribution < 1.29 is 4.74 Å². The zero-order chi connectivity index (χ0) is 11.9. The zero-order valence-corrected chi connectivity index (χ0v) is 10.6. The van der Waals surface area contributed by atoms with Crippen molar-refractivity contribution in [3.8, 4) is 5.75 Å². The fourth-order valence-corrected chi connectivity index (χ4v) is 2.13. The maximum atomic E-state index is 5.42. The van der Waals surface area contributed by atoms with Crippen LogP contribution in [0.25, 0.3) is 0 Å². The Morgan fingerprint density at radius 2 is 1.82 bits per heavy atom. The number of rotatable bonds is 5. The number of nitrogens with one attached hydrogen (secondary N) is 1. The van der Waals surface area contributed by atoms with Gasteiger partial charge >= 0.3 is 0 Å². The Morgan fingerprint density at radius 3 is 2.47 bits per heavy atom. The summed E-state index contributed by atoms with van der Waals surface area (Å²) in [5.74, 6) is 0.953. The van der Waals surface area contributed by atoms with Crippen LogP contribution in [0.3, 0.4) is 0 Å². The SMILES string of the molecule is CCOc1ccc(CNN2CCCCC2)cc1. The highest BCUT2D eigenvalue weighted by Crippen LogP contribution is 2.12. The third-order valence-corrected chi connectivity index (χ3v) is 3.10. The normalized spacial score (nSPS) is 17.0. The summed E-state index contributed by atoms with van der Waals surface area (Å²) in [6.07, 6.45) is 4.01. The summed E-state index contributed by atoms with van der Waals surface area (Å²) in [5.41, 5.74) is 4.79. The molecule has 94 valence electrons. The highest BCUT2D eigenvalue weighted by molar-refractivity contribution is 5.27. The van der Waals surface area contributed by atoms with Crippen LogP contribution in [0.4, 0.5) is 0 Å². The van der Waals surface area contributed by atoms with Crippen LogP contribution in [0.1, 0.15) is 31.7 Å². The van der Waals surface area contributed by atoms with Crippen LogP contribution in [0.5, 0.6) is 5.75 Å². The Hall–Kier alpha value is -1.06. The molecule has 1 heterocycles. The second kappa shape index (κ2) is 6.62. The van der Waals surface area contributed by atoms with E-state index in [9.17, 15) is 0 Å². The second-order valence-corrected chi connectivity index (χ2v) is 4.46. The van der Waals surface area contributed by atoms with Crippen LogP contribution >= 0.6 is 0 Å². The lowest BCUT2D eigenvalue weighted by Crippen LogP contribution is -2.41. The van der Waals surface area contributed by atoms with Crippen LogP contribution in [0.15, 0.2) is 24.3 Å². The van der Waals surface area contributed by atoms with Crippen molar-refractivity contribution in [2.45, 2.75) is 32.7 Å². The lowest BCUT2D eigenvalue weighted by molar-refractivity contribution is 0.151. The molecule has 0 atom stereocenters. The lowest BCUT2D eigenvalue weighted by Gasteiger charge is -2.27. The molecule has 17 heavy (non-hydrogen) atoms. The molecule has 0 aliphatic carbocycles. The van der Waals surface area contributed by atoms with E-state index in [-0.39, 0.29) is 0 Å². The number of nitrogens with zero attached hydrogens (tertiary/aromatic N) is 1. The molecule has 1 aliphatic heterocycles. The molecule has 1 aromatic carbocycles. The molecular formula is C14H22N2O. The van der Waals surface area contributed by atoms with E-state index < -0.39 is 0 Å². The molecule has 3 heteroatoms. The van der Waals surface area contributed by atoms with Gasteiger partial charge in [0.2, 0.25) is 0 Å². The van der Waals surface area contributed by atoms with Gasteiger partial charge in [-0.1, -0.05) is 18.6 Å². The van der Waals surface area contributed by atoms with Crippen LogP contribution in [0.2, 0.25) is 0 Å². The molecule has 1 N–H and O–H groups in total. The maximum Gasteiger partial charge on any atom is 0.119 e. The minimum absolute atomic E-state index is 0.728. The standard InChI is InChI=1S/C14H22N2O/c1-2-17-14-8-6-13(7-9-14)12-15-16-10-4-3-5-11-16/h6-9,15H,2-5,10-12H2,1H3. The Kier molecular flexibility index (Phi) is 4.83. The van der Waals surface area contributed by atoms with Crippen molar-refractivity contribution in [1.29, 1.82) is 0 Å². The quantitative estimate of drug-likeness (QED) is 0.847. The summed E-state index contributed by atoms with van der Waals surface area (Å²) in [5, 5.41) is 2.33. The highest BCUT2D eigenvalue weighted by Gasteiger charge is 2.08. The van der Waals surface area contributed by atoms with Gasteiger partial charge in [0.1, 0.15) is 5.75 Å². The first-order valence-electron chi connectivity index (χ1n) is 6.58. The molecule has 0 saturated carbocycles. The summed E-state index contributed by atoms with van der Waals surface area (Å²) in [7, 11) is 0. The molecule has 0 amide bonds. The summed E-state index contributed by atoms with van der Waals surface area (Å²) < 4.78 is 5.42. The molecule has 1 aromatic rings. The number of hydrogen-bond donors (Lipinski definition) is 1. The van der Waals surface area contributed by atoms with Crippen LogP contribution in [-0.4, -0.2) is 24.7 Å². The van der Waals surface area contributed by atoms with E-state index in [2.05, 4.69) is 22.6 Å². The first-order chi connectivity index (χ1) is 8.38. The van der Waals surface area contributed by atoms with Gasteiger partial charge in [0.05, 0.1) is 6.61 Å². The number of ether oxygens (including phenoxy) is 1. The van der Waals surface area contributed by atoms with Gasteiger partial charge in [-0.15, -0.1) is 0 Å². The molecule has 0 radical (unpaired) electrons. The number of hydrazine groups is 1. The van der Waals surface area contributed by atoms with E-state index >= 15 is 0 Å². The van der Waals surface area contributed by atoms with Crippen molar-refractivity contribution >= 4 is 0 Å². The van der Waals surface area contributed by atoms with E-state index in [4.69, 9.17) is 4.74 Å². The van der Waals surface area contributed by atoms with E-state index in [1.807, 2.05) is 19.1 Å². The monoisotopic (exact) mass is 234 g/mol. The highest BCUT2D eigenvalue weighted by atomic mass is 16.5. The van der Waals surface area contributed by atoms with E-state index in [0.29, 0.717) is 0 Å². The Labute approximate surface area is 104 Å². The lowest BCUT2D eigenvalue weighted by atomic mass is 10.2. The van der Waals surface area contributed by atoms with Crippen molar-refractivity contribution in [2.24, 2.45) is 0 Å². The Morgan fingerprint density at radius 1 is 1.12 bits per heavy atom. The predicted molar refractivity (Wildman–Crippen MR) is 69.9 cm³/mol. The Balaban J connectivity index is 1.77. The molecule has 1 saturated heterocycles. The molecule has 2 rings (SSSR count). The zero-order valence-electron chi connectivity index (χ0n) is 10.6. The summed E-state index contributed by atoms with van der Waals surface area (Å²) in [6.45, 7) is 6.00. The number of piperidine rings is 1. The minimum atomic E-state index is 0.728. The molecule has 1 aliphatic rings. The van der Waals surface area contributed by atoms with Gasteiger partial charge in [-0.05, 0) is 37.5 Å². The molecule has 3 nitrogen and oxygen atoms in total. The number of benzene rings is 1. The maximum absolute atomic E-state index is 5.42. The predicted octanol–water partition coefficient (Wildman–Crippen LogP) is 2.58. The Bertz CT molecular complexity index is 317. The van der Waals surface area contributed by atoms with Crippen LogP contribution < -0.4 is 10.2 Å². The van der Waals surface area contributed by atoms with Gasteiger partial charge in [0.15, 0.2) is 0 Å². The van der Waals surface area contributed by atoms with E-state index in [0.717, 1.165) is 18.9 Å². The smallest absolute Gasteiger partial charge is 0.119 e. The van der Waals surface area contributed by atoms with Crippen LogP contribution in [0, 0.1) is 0 Å². The summed E-state index contributed by atoms with van der Waals surface area (Å²) in [4.78, 5) is 0. The van der Waals surface area contributed by atoms with E-state index in [1.165, 1.54) is 37.9 Å². The summed E-state index contributed by atoms with van der Waals surface area (Å²) >= 11 is 0. The van der Waals surface area contributed by atoms with Gasteiger partial charge < -0.3 is 4.74 Å². The van der Waals surface area contributed by atoms with Gasteiger partial charge in [-0.2, -0.15) is 0 Å². The van der Waals surface area contributed by atoms with Crippen molar-refractivity contribution in [3.05, 3.63) is 29.8 Å². The van der Waals surface area contributed by atoms with Gasteiger partial charge in [0.25, 0.3) is 0 Å². The van der Waals surface area contributed by atoms with Crippen molar-refractivity contribution in [1.82, 2.24) is 10.4 Å². The van der Waals surface area contributed by atoms with Crippen molar-refractivity contribution in [2.75, 3.05) is 19.7 Å². The second-order valence-electron chi connectivity index (χ2n) is 4.46. The third kappa shape index (κ3) is 4.02. The van der Waals surface area contributed by atoms with Gasteiger partial charge in [-0.3, -0.25) is 5.43 Å². The number of hydrogen-bond acceptors (Lipinski definition) is 3. The van der Waals surface area contributed by atoms with E-state index in [1.54, 1.807) is 0 Å². The van der Waals surface area contributed by atoms with Gasteiger partial charge in [-0.25, -0.2) is 5.01 Å².